The first-order valence-electron chi connectivity index (χ1n) is 7.29. The number of carbonyl (C=O) groups is 1. The molecule has 0 aliphatic carbocycles. The fourth-order valence-corrected chi connectivity index (χ4v) is 2.46. The summed E-state index contributed by atoms with van der Waals surface area (Å²) >= 11 is 0. The standard InChI is InChI=1S/C13H19F3N4O3/c1-4-9(13(14,15)16)18-12(21)20-5-6-22-7(2)10(20)11-17-8(3)19-23-11/h7,9-10H,4-6H2,1-3H3,(H,18,21)/t7-,9+,10+/m1/s1. The molecule has 0 saturated carbocycles. The first kappa shape index (κ1) is 17.5. The zero-order valence-corrected chi connectivity index (χ0v) is 13.1. The quantitative estimate of drug-likeness (QED) is 0.915. The smallest absolute Gasteiger partial charge is 0.374 e. The molecule has 0 radical (unpaired) electrons. The van der Waals surface area contributed by atoms with Gasteiger partial charge < -0.3 is 19.5 Å². The van der Waals surface area contributed by atoms with Crippen LogP contribution in [0.1, 0.15) is 38.0 Å². The van der Waals surface area contributed by atoms with E-state index < -0.39 is 30.4 Å². The van der Waals surface area contributed by atoms with Crippen molar-refractivity contribution in [3.63, 3.8) is 0 Å². The summed E-state index contributed by atoms with van der Waals surface area (Å²) in [5, 5.41) is 5.68. The predicted molar refractivity (Wildman–Crippen MR) is 72.6 cm³/mol. The molecule has 1 saturated heterocycles. The van der Waals surface area contributed by atoms with E-state index in [1.54, 1.807) is 13.8 Å². The number of amides is 2. The minimum absolute atomic E-state index is 0.135. The van der Waals surface area contributed by atoms with Gasteiger partial charge in [-0.15, -0.1) is 0 Å². The highest BCUT2D eigenvalue weighted by Gasteiger charge is 2.43. The fraction of sp³-hybridized carbons (Fsp3) is 0.769. The normalized spacial score (nSPS) is 23.7. The van der Waals surface area contributed by atoms with Crippen LogP contribution in [0.4, 0.5) is 18.0 Å². The summed E-state index contributed by atoms with van der Waals surface area (Å²) in [6.45, 7) is 5.03. The van der Waals surface area contributed by atoms with Gasteiger partial charge in [-0.1, -0.05) is 12.1 Å². The van der Waals surface area contributed by atoms with Gasteiger partial charge in [0.05, 0.1) is 12.7 Å². The van der Waals surface area contributed by atoms with Crippen molar-refractivity contribution in [2.45, 2.75) is 51.6 Å². The van der Waals surface area contributed by atoms with Crippen LogP contribution in [0.3, 0.4) is 0 Å². The molecule has 1 fully saturated rings. The molecule has 0 spiro atoms. The van der Waals surface area contributed by atoms with E-state index in [4.69, 9.17) is 9.26 Å². The zero-order valence-electron chi connectivity index (χ0n) is 13.1. The zero-order chi connectivity index (χ0) is 17.2. The molecule has 1 N–H and O–H groups in total. The number of halogens is 3. The molecule has 7 nitrogen and oxygen atoms in total. The third-order valence-electron chi connectivity index (χ3n) is 3.65. The van der Waals surface area contributed by atoms with Gasteiger partial charge in [0.15, 0.2) is 5.82 Å². The lowest BCUT2D eigenvalue weighted by Gasteiger charge is -2.38. The first-order chi connectivity index (χ1) is 10.7. The molecular formula is C13H19F3N4O3. The number of nitrogens with one attached hydrogen (secondary N) is 1. The number of nitrogens with zero attached hydrogens (tertiary/aromatic N) is 3. The minimum atomic E-state index is -4.50. The topological polar surface area (TPSA) is 80.5 Å². The molecule has 3 atom stereocenters. The van der Waals surface area contributed by atoms with Gasteiger partial charge in [-0.2, -0.15) is 18.2 Å². The Bertz CT molecular complexity index is 549. The Hall–Kier alpha value is -1.84. The Balaban J connectivity index is 2.19. The van der Waals surface area contributed by atoms with Crippen molar-refractivity contribution in [1.29, 1.82) is 0 Å². The molecule has 2 heterocycles. The number of alkyl halides is 3. The molecule has 0 unspecified atom stereocenters. The number of rotatable bonds is 3. The van der Waals surface area contributed by atoms with Crippen molar-refractivity contribution in [2.24, 2.45) is 0 Å². The van der Waals surface area contributed by atoms with Crippen molar-refractivity contribution < 1.29 is 27.2 Å². The number of morpholine rings is 1. The lowest BCUT2D eigenvalue weighted by atomic mass is 10.1. The number of carbonyl (C=O) groups excluding carboxylic acids is 1. The number of aryl methyl sites for hydroxylation is 1. The van der Waals surface area contributed by atoms with Gasteiger partial charge in [0.25, 0.3) is 5.89 Å². The second-order valence-electron chi connectivity index (χ2n) is 5.35. The highest BCUT2D eigenvalue weighted by molar-refractivity contribution is 5.75. The Labute approximate surface area is 131 Å². The SMILES string of the molecule is CC[C@H](NC(=O)N1CCO[C@H](C)[C@H]1c1nc(C)no1)C(F)(F)F. The molecule has 1 aromatic rings. The van der Waals surface area contributed by atoms with Gasteiger partial charge in [-0.3, -0.25) is 0 Å². The van der Waals surface area contributed by atoms with Crippen molar-refractivity contribution in [3.05, 3.63) is 11.7 Å². The summed E-state index contributed by atoms with van der Waals surface area (Å²) in [6.07, 6.45) is -5.22. The monoisotopic (exact) mass is 336 g/mol. The van der Waals surface area contributed by atoms with E-state index >= 15 is 0 Å². The average molecular weight is 336 g/mol. The van der Waals surface area contributed by atoms with Crippen LogP contribution in [0, 0.1) is 6.92 Å². The highest BCUT2D eigenvalue weighted by atomic mass is 19.4. The van der Waals surface area contributed by atoms with E-state index in [2.05, 4.69) is 10.1 Å². The van der Waals surface area contributed by atoms with E-state index in [0.717, 1.165) is 0 Å². The van der Waals surface area contributed by atoms with Crippen LogP contribution in [0.25, 0.3) is 0 Å². The van der Waals surface area contributed by atoms with Gasteiger partial charge in [-0.05, 0) is 20.3 Å². The van der Waals surface area contributed by atoms with Gasteiger partial charge in [0.1, 0.15) is 12.1 Å². The van der Waals surface area contributed by atoms with Crippen LogP contribution >= 0.6 is 0 Å². The molecule has 130 valence electrons. The van der Waals surface area contributed by atoms with Crippen molar-refractivity contribution in [2.75, 3.05) is 13.2 Å². The maximum Gasteiger partial charge on any atom is 0.408 e. The van der Waals surface area contributed by atoms with Crippen LogP contribution in [0.2, 0.25) is 0 Å². The molecule has 1 aliphatic rings. The highest BCUT2D eigenvalue weighted by Crippen LogP contribution is 2.29. The maximum atomic E-state index is 12.8. The van der Waals surface area contributed by atoms with E-state index in [-0.39, 0.29) is 25.5 Å². The predicted octanol–water partition coefficient (Wildman–Crippen LogP) is 2.19. The Morgan fingerprint density at radius 3 is 2.74 bits per heavy atom. The van der Waals surface area contributed by atoms with Crippen LogP contribution in [0.15, 0.2) is 4.52 Å². The average Bonchev–Trinajstić information content (AvgIpc) is 2.89. The fourth-order valence-electron chi connectivity index (χ4n) is 2.46. The van der Waals surface area contributed by atoms with Gasteiger partial charge >= 0.3 is 12.2 Å². The first-order valence-corrected chi connectivity index (χ1v) is 7.29. The third-order valence-corrected chi connectivity index (χ3v) is 3.65. The van der Waals surface area contributed by atoms with Gasteiger partial charge in [0.2, 0.25) is 0 Å². The van der Waals surface area contributed by atoms with E-state index in [0.29, 0.717) is 5.82 Å². The molecule has 0 aromatic carbocycles. The Morgan fingerprint density at radius 1 is 1.52 bits per heavy atom. The number of hydrogen-bond acceptors (Lipinski definition) is 5. The summed E-state index contributed by atoms with van der Waals surface area (Å²) in [7, 11) is 0. The molecule has 23 heavy (non-hydrogen) atoms. The van der Waals surface area contributed by atoms with E-state index in [9.17, 15) is 18.0 Å². The molecule has 1 aromatic heterocycles. The summed E-state index contributed by atoms with van der Waals surface area (Å²) in [6, 6.07) is -3.46. The molecule has 2 rings (SSSR count). The minimum Gasteiger partial charge on any atom is -0.374 e. The summed E-state index contributed by atoms with van der Waals surface area (Å²) in [5.74, 6) is 0.518. The summed E-state index contributed by atoms with van der Waals surface area (Å²) in [4.78, 5) is 17.6. The second kappa shape index (κ2) is 6.73. The third kappa shape index (κ3) is 3.92. The van der Waals surface area contributed by atoms with Crippen molar-refractivity contribution >= 4 is 6.03 Å². The molecule has 0 bridgehead atoms. The van der Waals surface area contributed by atoms with Crippen LogP contribution in [-0.2, 0) is 4.74 Å². The number of hydrogen-bond donors (Lipinski definition) is 1. The second-order valence-corrected chi connectivity index (χ2v) is 5.35. The summed E-state index contributed by atoms with van der Waals surface area (Å²) in [5.41, 5.74) is 0. The Kier molecular flexibility index (Phi) is 5.12. The summed E-state index contributed by atoms with van der Waals surface area (Å²) < 4.78 is 49.1. The molecule has 10 heteroatoms. The van der Waals surface area contributed by atoms with Crippen LogP contribution < -0.4 is 5.32 Å². The van der Waals surface area contributed by atoms with Crippen LogP contribution in [0.5, 0.6) is 0 Å². The lowest BCUT2D eigenvalue weighted by Crippen LogP contribution is -2.55. The van der Waals surface area contributed by atoms with Gasteiger partial charge in [0, 0.05) is 6.54 Å². The lowest BCUT2D eigenvalue weighted by molar-refractivity contribution is -0.154. The number of aromatic nitrogens is 2. The van der Waals surface area contributed by atoms with Crippen molar-refractivity contribution in [3.8, 4) is 0 Å². The molecule has 2 amide bonds. The van der Waals surface area contributed by atoms with Gasteiger partial charge in [-0.25, -0.2) is 4.79 Å². The number of ether oxygens (including phenoxy) is 1. The molecular weight excluding hydrogens is 317 g/mol. The molecule has 1 aliphatic heterocycles. The van der Waals surface area contributed by atoms with Crippen LogP contribution in [-0.4, -0.2) is 52.5 Å². The maximum absolute atomic E-state index is 12.8. The van der Waals surface area contributed by atoms with E-state index in [1.165, 1.54) is 11.8 Å². The Morgan fingerprint density at radius 2 is 2.22 bits per heavy atom. The van der Waals surface area contributed by atoms with Crippen molar-refractivity contribution in [1.82, 2.24) is 20.4 Å². The van der Waals surface area contributed by atoms with E-state index in [1.807, 2.05) is 5.32 Å². The number of urea groups is 1. The largest absolute Gasteiger partial charge is 0.408 e.